The highest BCUT2D eigenvalue weighted by molar-refractivity contribution is 9.10. The molecule has 0 amide bonds. The summed E-state index contributed by atoms with van der Waals surface area (Å²) < 4.78 is 1.09. The van der Waals surface area contributed by atoms with Crippen molar-refractivity contribution in [2.75, 3.05) is 13.6 Å². The van der Waals surface area contributed by atoms with E-state index < -0.39 is 5.97 Å². The van der Waals surface area contributed by atoms with Crippen LogP contribution in [0.25, 0.3) is 0 Å². The number of carbonyl (C=O) groups is 1. The molecule has 1 aromatic heterocycles. The minimum atomic E-state index is -0.741. The molecule has 0 aliphatic rings. The lowest BCUT2D eigenvalue weighted by Gasteiger charge is -2.17. The van der Waals surface area contributed by atoms with Crippen molar-refractivity contribution in [2.45, 2.75) is 13.5 Å². The van der Waals surface area contributed by atoms with Crippen molar-refractivity contribution < 1.29 is 9.90 Å². The first-order valence-electron chi connectivity index (χ1n) is 4.63. The topological polar surface area (TPSA) is 40.5 Å². The van der Waals surface area contributed by atoms with Crippen LogP contribution >= 0.6 is 27.3 Å². The number of hydrogen-bond acceptors (Lipinski definition) is 3. The van der Waals surface area contributed by atoms with E-state index in [2.05, 4.69) is 22.0 Å². The predicted molar refractivity (Wildman–Crippen MR) is 65.2 cm³/mol. The summed E-state index contributed by atoms with van der Waals surface area (Å²) >= 11 is 5.07. The lowest BCUT2D eigenvalue weighted by molar-refractivity contribution is -0.141. The van der Waals surface area contributed by atoms with Crippen LogP contribution in [0.1, 0.15) is 11.8 Å². The van der Waals surface area contributed by atoms with E-state index in [1.54, 1.807) is 18.3 Å². The van der Waals surface area contributed by atoms with Gasteiger partial charge < -0.3 is 10.0 Å². The first-order chi connectivity index (χ1) is 6.99. The van der Waals surface area contributed by atoms with Gasteiger partial charge in [0.25, 0.3) is 0 Å². The summed E-state index contributed by atoms with van der Waals surface area (Å²) in [6.45, 7) is 3.10. The third kappa shape index (κ3) is 4.32. The van der Waals surface area contributed by atoms with E-state index in [-0.39, 0.29) is 5.92 Å². The molecule has 0 aliphatic carbocycles. The van der Waals surface area contributed by atoms with Gasteiger partial charge in [-0.2, -0.15) is 0 Å². The Balaban J connectivity index is 2.42. The molecule has 1 aromatic rings. The summed E-state index contributed by atoms with van der Waals surface area (Å²) in [5, 5.41) is 10.8. The van der Waals surface area contributed by atoms with E-state index in [4.69, 9.17) is 5.11 Å². The Morgan fingerprint density at radius 3 is 2.87 bits per heavy atom. The van der Waals surface area contributed by atoms with Gasteiger partial charge in [-0.1, -0.05) is 6.92 Å². The van der Waals surface area contributed by atoms with Crippen LogP contribution in [0.5, 0.6) is 0 Å². The molecular weight excluding hydrogens is 278 g/mol. The molecule has 0 fully saturated rings. The van der Waals surface area contributed by atoms with Crippen LogP contribution < -0.4 is 0 Å². The molecule has 1 heterocycles. The molecule has 5 heteroatoms. The van der Waals surface area contributed by atoms with Crippen molar-refractivity contribution in [3.05, 3.63) is 20.8 Å². The second-order valence-electron chi connectivity index (χ2n) is 3.67. The number of halogens is 1. The number of carboxylic acids is 1. The van der Waals surface area contributed by atoms with Crippen LogP contribution in [-0.4, -0.2) is 29.6 Å². The summed E-state index contributed by atoms with van der Waals surface area (Å²) in [5.41, 5.74) is 0. The van der Waals surface area contributed by atoms with Crippen LogP contribution in [0.4, 0.5) is 0 Å². The monoisotopic (exact) mass is 291 g/mol. The van der Waals surface area contributed by atoms with Gasteiger partial charge in [0.2, 0.25) is 0 Å². The highest BCUT2D eigenvalue weighted by Gasteiger charge is 2.13. The molecule has 0 saturated carbocycles. The second-order valence-corrected chi connectivity index (χ2v) is 5.58. The van der Waals surface area contributed by atoms with Crippen molar-refractivity contribution in [1.82, 2.24) is 4.90 Å². The first kappa shape index (κ1) is 12.7. The van der Waals surface area contributed by atoms with Gasteiger partial charge in [-0.15, -0.1) is 11.3 Å². The molecule has 1 rings (SSSR count). The smallest absolute Gasteiger partial charge is 0.307 e. The maximum absolute atomic E-state index is 10.7. The fraction of sp³-hybridized carbons (Fsp3) is 0.500. The summed E-state index contributed by atoms with van der Waals surface area (Å²) in [7, 11) is 1.94. The first-order valence-corrected chi connectivity index (χ1v) is 6.30. The summed E-state index contributed by atoms with van der Waals surface area (Å²) in [5.74, 6) is -1.06. The molecule has 84 valence electrons. The maximum atomic E-state index is 10.7. The third-order valence-corrected chi connectivity index (χ3v) is 3.74. The van der Waals surface area contributed by atoms with Gasteiger partial charge in [0.15, 0.2) is 0 Å². The van der Waals surface area contributed by atoms with E-state index in [1.807, 2.05) is 17.3 Å². The maximum Gasteiger partial charge on any atom is 0.307 e. The highest BCUT2D eigenvalue weighted by Crippen LogP contribution is 2.20. The van der Waals surface area contributed by atoms with Gasteiger partial charge in [0, 0.05) is 27.8 Å². The average molecular weight is 292 g/mol. The van der Waals surface area contributed by atoms with Gasteiger partial charge in [-0.3, -0.25) is 4.79 Å². The standard InChI is InChI=1S/C10H14BrNO2S/c1-7(10(13)14)4-12(2)5-9-3-8(11)6-15-9/h3,6-7H,4-5H2,1-2H3,(H,13,14). The van der Waals surface area contributed by atoms with E-state index in [0.29, 0.717) is 6.54 Å². The zero-order chi connectivity index (χ0) is 11.4. The lowest BCUT2D eigenvalue weighted by atomic mass is 10.2. The molecule has 0 aliphatic heterocycles. The van der Waals surface area contributed by atoms with Gasteiger partial charge in [-0.25, -0.2) is 0 Å². The summed E-state index contributed by atoms with van der Waals surface area (Å²) in [6, 6.07) is 2.06. The lowest BCUT2D eigenvalue weighted by Crippen LogP contribution is -2.27. The predicted octanol–water partition coefficient (Wildman–Crippen LogP) is 2.66. The molecule has 1 N–H and O–H groups in total. The number of hydrogen-bond donors (Lipinski definition) is 1. The molecule has 0 radical (unpaired) electrons. The Hall–Kier alpha value is -0.390. The van der Waals surface area contributed by atoms with Crippen LogP contribution in [-0.2, 0) is 11.3 Å². The molecular formula is C10H14BrNO2S. The third-order valence-electron chi connectivity index (χ3n) is 2.05. The number of rotatable bonds is 5. The number of nitrogens with zero attached hydrogens (tertiary/aromatic N) is 1. The van der Waals surface area contributed by atoms with E-state index in [9.17, 15) is 4.79 Å². The van der Waals surface area contributed by atoms with Crippen molar-refractivity contribution >= 4 is 33.2 Å². The van der Waals surface area contributed by atoms with Gasteiger partial charge in [0.05, 0.1) is 5.92 Å². The highest BCUT2D eigenvalue weighted by atomic mass is 79.9. The fourth-order valence-corrected chi connectivity index (χ4v) is 2.84. The van der Waals surface area contributed by atoms with E-state index >= 15 is 0 Å². The van der Waals surface area contributed by atoms with Crippen molar-refractivity contribution in [3.8, 4) is 0 Å². The van der Waals surface area contributed by atoms with Crippen LogP contribution in [0.3, 0.4) is 0 Å². The number of carboxylic acid groups (broad SMARTS) is 1. The Morgan fingerprint density at radius 1 is 1.73 bits per heavy atom. The van der Waals surface area contributed by atoms with E-state index in [0.717, 1.165) is 11.0 Å². The summed E-state index contributed by atoms with van der Waals surface area (Å²) in [4.78, 5) is 13.9. The fourth-order valence-electron chi connectivity index (χ4n) is 1.31. The zero-order valence-electron chi connectivity index (χ0n) is 8.74. The van der Waals surface area contributed by atoms with Crippen molar-refractivity contribution in [1.29, 1.82) is 0 Å². The Labute approximate surface area is 102 Å². The number of thiophene rings is 1. The summed E-state index contributed by atoms with van der Waals surface area (Å²) in [6.07, 6.45) is 0. The SMILES string of the molecule is CC(CN(C)Cc1cc(Br)cs1)C(=O)O. The Kier molecular flexibility index (Phi) is 4.76. The minimum absolute atomic E-state index is 0.321. The molecule has 3 nitrogen and oxygen atoms in total. The molecule has 1 atom stereocenters. The van der Waals surface area contributed by atoms with Gasteiger partial charge >= 0.3 is 5.97 Å². The quantitative estimate of drug-likeness (QED) is 0.907. The van der Waals surface area contributed by atoms with Crippen LogP contribution in [0, 0.1) is 5.92 Å². The van der Waals surface area contributed by atoms with Gasteiger partial charge in [-0.05, 0) is 29.0 Å². The molecule has 0 spiro atoms. The Morgan fingerprint density at radius 2 is 2.40 bits per heavy atom. The molecule has 15 heavy (non-hydrogen) atoms. The second kappa shape index (κ2) is 5.63. The van der Waals surface area contributed by atoms with Crippen molar-refractivity contribution in [2.24, 2.45) is 5.92 Å². The van der Waals surface area contributed by atoms with Crippen LogP contribution in [0.2, 0.25) is 0 Å². The average Bonchev–Trinajstić information content (AvgIpc) is 2.50. The largest absolute Gasteiger partial charge is 0.481 e. The number of aliphatic carboxylic acids is 1. The molecule has 0 bridgehead atoms. The molecule has 0 aromatic carbocycles. The zero-order valence-corrected chi connectivity index (χ0v) is 11.1. The van der Waals surface area contributed by atoms with Gasteiger partial charge in [0.1, 0.15) is 0 Å². The minimum Gasteiger partial charge on any atom is -0.481 e. The van der Waals surface area contributed by atoms with E-state index in [1.165, 1.54) is 4.88 Å². The van der Waals surface area contributed by atoms with Crippen molar-refractivity contribution in [3.63, 3.8) is 0 Å². The molecule has 0 saturated heterocycles. The molecule has 1 unspecified atom stereocenters. The Bertz CT molecular complexity index is 340. The van der Waals surface area contributed by atoms with Crippen LogP contribution in [0.15, 0.2) is 15.9 Å². The normalized spacial score (nSPS) is 13.1.